The molecule has 0 radical (unpaired) electrons. The van der Waals surface area contributed by atoms with Crippen LogP contribution in [0.15, 0.2) is 35.7 Å². The van der Waals surface area contributed by atoms with Crippen LogP contribution in [0.2, 0.25) is 0 Å². The number of hydrogen-bond donors (Lipinski definition) is 1. The van der Waals surface area contributed by atoms with Crippen molar-refractivity contribution in [2.75, 3.05) is 12.3 Å². The zero-order chi connectivity index (χ0) is 13.8. The second-order valence-electron chi connectivity index (χ2n) is 4.47. The molecule has 3 nitrogen and oxygen atoms in total. The number of nitrogens with two attached hydrogens (primary N) is 1. The molecule has 0 saturated carbocycles. The molecule has 1 aromatic heterocycles. The van der Waals surface area contributed by atoms with Gasteiger partial charge >= 0.3 is 0 Å². The van der Waals surface area contributed by atoms with Crippen molar-refractivity contribution in [1.29, 1.82) is 0 Å². The summed E-state index contributed by atoms with van der Waals surface area (Å²) < 4.78 is 0. The predicted molar refractivity (Wildman–Crippen MR) is 80.3 cm³/mol. The number of carbonyl (C=O) groups is 1. The largest absolute Gasteiger partial charge is 0.399 e. The highest BCUT2D eigenvalue weighted by Gasteiger charge is 2.16. The second kappa shape index (κ2) is 5.89. The summed E-state index contributed by atoms with van der Waals surface area (Å²) in [7, 11) is 0. The van der Waals surface area contributed by atoms with Crippen molar-refractivity contribution in [1.82, 2.24) is 4.90 Å². The quantitative estimate of drug-likeness (QED) is 0.869. The van der Waals surface area contributed by atoms with Crippen LogP contribution >= 0.6 is 11.3 Å². The highest BCUT2D eigenvalue weighted by Crippen LogP contribution is 2.18. The average molecular weight is 274 g/mol. The number of benzene rings is 1. The third-order valence-corrected chi connectivity index (χ3v) is 3.94. The predicted octanol–water partition coefficient (Wildman–Crippen LogP) is 3.30. The van der Waals surface area contributed by atoms with Crippen molar-refractivity contribution < 1.29 is 4.79 Å². The number of rotatable bonds is 4. The van der Waals surface area contributed by atoms with Gasteiger partial charge in [-0.05, 0) is 49.1 Å². The molecule has 2 aromatic rings. The maximum absolute atomic E-state index is 12.5. The second-order valence-corrected chi connectivity index (χ2v) is 5.51. The fourth-order valence-corrected chi connectivity index (χ4v) is 2.73. The minimum Gasteiger partial charge on any atom is -0.399 e. The normalized spacial score (nSPS) is 10.4. The maximum Gasteiger partial charge on any atom is 0.254 e. The van der Waals surface area contributed by atoms with Gasteiger partial charge < -0.3 is 10.6 Å². The molecule has 0 saturated heterocycles. The van der Waals surface area contributed by atoms with Crippen molar-refractivity contribution in [3.8, 4) is 0 Å². The summed E-state index contributed by atoms with van der Waals surface area (Å²) in [5.74, 6) is 0.0633. The molecule has 0 aliphatic heterocycles. The molecule has 2 rings (SSSR count). The number of amides is 1. The number of thiophene rings is 1. The number of hydrogen-bond acceptors (Lipinski definition) is 3. The molecule has 0 spiro atoms. The lowest BCUT2D eigenvalue weighted by molar-refractivity contribution is 0.0753. The Bertz CT molecular complexity index is 564. The Kier molecular flexibility index (Phi) is 4.22. The van der Waals surface area contributed by atoms with Gasteiger partial charge in [0.2, 0.25) is 0 Å². The average Bonchev–Trinajstić information content (AvgIpc) is 2.88. The van der Waals surface area contributed by atoms with Gasteiger partial charge in [-0.15, -0.1) is 11.3 Å². The molecule has 100 valence electrons. The molecular formula is C15H18N2OS. The van der Waals surface area contributed by atoms with Crippen molar-refractivity contribution in [3.05, 3.63) is 51.7 Å². The number of aryl methyl sites for hydroxylation is 1. The molecule has 2 N–H and O–H groups in total. The molecule has 1 amide bonds. The van der Waals surface area contributed by atoms with Gasteiger partial charge in [-0.25, -0.2) is 0 Å². The Morgan fingerprint density at radius 2 is 2.16 bits per heavy atom. The molecule has 0 aliphatic carbocycles. The number of nitrogen functional groups attached to an aromatic ring is 1. The maximum atomic E-state index is 12.5. The van der Waals surface area contributed by atoms with Crippen molar-refractivity contribution in [2.24, 2.45) is 0 Å². The van der Waals surface area contributed by atoms with Gasteiger partial charge in [-0.3, -0.25) is 4.79 Å². The van der Waals surface area contributed by atoms with Crippen LogP contribution in [0.4, 0.5) is 5.69 Å². The van der Waals surface area contributed by atoms with E-state index in [1.807, 2.05) is 42.3 Å². The summed E-state index contributed by atoms with van der Waals surface area (Å²) >= 11 is 1.67. The molecule has 0 fully saturated rings. The van der Waals surface area contributed by atoms with Crippen molar-refractivity contribution in [3.63, 3.8) is 0 Å². The van der Waals surface area contributed by atoms with Gasteiger partial charge in [0.05, 0.1) is 6.54 Å². The van der Waals surface area contributed by atoms with Crippen LogP contribution in [0.5, 0.6) is 0 Å². The van der Waals surface area contributed by atoms with Crippen LogP contribution < -0.4 is 5.73 Å². The third kappa shape index (κ3) is 3.15. The van der Waals surface area contributed by atoms with Crippen LogP contribution in [-0.4, -0.2) is 17.4 Å². The smallest absolute Gasteiger partial charge is 0.254 e. The first-order chi connectivity index (χ1) is 9.11. The van der Waals surface area contributed by atoms with E-state index in [0.717, 1.165) is 11.1 Å². The van der Waals surface area contributed by atoms with Crippen LogP contribution in [0.25, 0.3) is 0 Å². The highest BCUT2D eigenvalue weighted by atomic mass is 32.1. The first kappa shape index (κ1) is 13.6. The molecule has 0 atom stereocenters. The van der Waals surface area contributed by atoms with Gasteiger partial charge in [0.25, 0.3) is 5.91 Å². The first-order valence-corrected chi connectivity index (χ1v) is 7.17. The molecule has 0 bridgehead atoms. The fourth-order valence-electron chi connectivity index (χ4n) is 2.02. The van der Waals surface area contributed by atoms with Gasteiger partial charge in [0.1, 0.15) is 0 Å². The summed E-state index contributed by atoms with van der Waals surface area (Å²) in [6.07, 6.45) is 0. The lowest BCUT2D eigenvalue weighted by Gasteiger charge is -2.21. The monoisotopic (exact) mass is 274 g/mol. The Hall–Kier alpha value is -1.81. The lowest BCUT2D eigenvalue weighted by atomic mass is 10.1. The van der Waals surface area contributed by atoms with Crippen molar-refractivity contribution in [2.45, 2.75) is 20.4 Å². The Labute approximate surface area is 117 Å². The zero-order valence-electron chi connectivity index (χ0n) is 11.2. The SMILES string of the molecule is CCN(Cc1cccs1)C(=O)c1ccc(N)cc1C. The molecular weight excluding hydrogens is 256 g/mol. The standard InChI is InChI=1S/C15H18N2OS/c1-3-17(10-13-5-4-8-19-13)15(18)14-7-6-12(16)9-11(14)2/h4-9H,3,10,16H2,1-2H3. The molecule has 1 aromatic carbocycles. The van der Waals surface area contributed by atoms with Gasteiger partial charge in [0, 0.05) is 22.7 Å². The summed E-state index contributed by atoms with van der Waals surface area (Å²) in [5, 5.41) is 2.03. The van der Waals surface area contributed by atoms with E-state index in [2.05, 4.69) is 6.07 Å². The van der Waals surface area contributed by atoms with E-state index < -0.39 is 0 Å². The summed E-state index contributed by atoms with van der Waals surface area (Å²) in [6, 6.07) is 9.48. The zero-order valence-corrected chi connectivity index (χ0v) is 12.0. The minimum atomic E-state index is 0.0633. The number of nitrogens with zero attached hydrogens (tertiary/aromatic N) is 1. The summed E-state index contributed by atoms with van der Waals surface area (Å²) in [4.78, 5) is 15.6. The molecule has 0 aliphatic rings. The number of anilines is 1. The van der Waals surface area contributed by atoms with Gasteiger partial charge in [-0.2, -0.15) is 0 Å². The summed E-state index contributed by atoms with van der Waals surface area (Å²) in [5.41, 5.74) is 8.07. The fraction of sp³-hybridized carbons (Fsp3) is 0.267. The van der Waals surface area contributed by atoms with Crippen LogP contribution in [-0.2, 0) is 6.54 Å². The molecule has 0 unspecified atom stereocenters. The van der Waals surface area contributed by atoms with E-state index >= 15 is 0 Å². The Balaban J connectivity index is 2.20. The van der Waals surface area contributed by atoms with Crippen LogP contribution in [0, 0.1) is 6.92 Å². The van der Waals surface area contributed by atoms with E-state index in [1.165, 1.54) is 4.88 Å². The third-order valence-electron chi connectivity index (χ3n) is 3.08. The molecule has 4 heteroatoms. The van der Waals surface area contributed by atoms with E-state index in [1.54, 1.807) is 17.4 Å². The van der Waals surface area contributed by atoms with Crippen molar-refractivity contribution >= 4 is 22.9 Å². The van der Waals surface area contributed by atoms with E-state index in [9.17, 15) is 4.79 Å². The molecule has 19 heavy (non-hydrogen) atoms. The van der Waals surface area contributed by atoms with Gasteiger partial charge in [0.15, 0.2) is 0 Å². The van der Waals surface area contributed by atoms with E-state index in [-0.39, 0.29) is 5.91 Å². The minimum absolute atomic E-state index is 0.0633. The van der Waals surface area contributed by atoms with Crippen LogP contribution in [0.1, 0.15) is 27.7 Å². The van der Waals surface area contributed by atoms with Gasteiger partial charge in [-0.1, -0.05) is 6.07 Å². The van der Waals surface area contributed by atoms with Crippen LogP contribution in [0.3, 0.4) is 0 Å². The summed E-state index contributed by atoms with van der Waals surface area (Å²) in [6.45, 7) is 5.28. The molecule has 1 heterocycles. The Morgan fingerprint density at radius 3 is 2.74 bits per heavy atom. The van der Waals surface area contributed by atoms with E-state index in [4.69, 9.17) is 5.73 Å². The topological polar surface area (TPSA) is 46.3 Å². The highest BCUT2D eigenvalue weighted by molar-refractivity contribution is 7.09. The first-order valence-electron chi connectivity index (χ1n) is 6.29. The lowest BCUT2D eigenvalue weighted by Crippen LogP contribution is -2.30. The Morgan fingerprint density at radius 1 is 1.37 bits per heavy atom. The van der Waals surface area contributed by atoms with E-state index in [0.29, 0.717) is 18.8 Å². The number of carbonyl (C=O) groups excluding carboxylic acids is 1.